The van der Waals surface area contributed by atoms with E-state index in [1.165, 1.54) is 24.8 Å². The maximum Gasteiger partial charge on any atom is 0.306 e. The van der Waals surface area contributed by atoms with Crippen LogP contribution in [-0.4, -0.2) is 19.1 Å². The Hall–Kier alpha value is -1.51. The molecule has 2 rings (SSSR count). The van der Waals surface area contributed by atoms with Gasteiger partial charge in [0.15, 0.2) is 0 Å². The highest BCUT2D eigenvalue weighted by atomic mass is 16.5. The molecule has 0 spiro atoms. The summed E-state index contributed by atoms with van der Waals surface area (Å²) in [6.45, 7) is 3.61. The summed E-state index contributed by atoms with van der Waals surface area (Å²) >= 11 is 0. The van der Waals surface area contributed by atoms with Gasteiger partial charge in [-0.15, -0.1) is 0 Å². The lowest BCUT2D eigenvalue weighted by Crippen LogP contribution is -2.12. The Balaban J connectivity index is 1.66. The summed E-state index contributed by atoms with van der Waals surface area (Å²) in [5, 5.41) is 3.34. The van der Waals surface area contributed by atoms with Crippen molar-refractivity contribution in [2.24, 2.45) is 0 Å². The quantitative estimate of drug-likeness (QED) is 0.573. The van der Waals surface area contributed by atoms with E-state index in [9.17, 15) is 4.79 Å². The monoisotopic (exact) mass is 275 g/mol. The molecule has 1 N–H and O–H groups in total. The number of para-hydroxylation sites is 1. The second kappa shape index (κ2) is 7.93. The van der Waals surface area contributed by atoms with E-state index < -0.39 is 0 Å². The molecule has 0 radical (unpaired) electrons. The number of esters is 1. The zero-order valence-corrected chi connectivity index (χ0v) is 12.4. The fourth-order valence-corrected chi connectivity index (χ4v) is 2.69. The third kappa shape index (κ3) is 4.26. The van der Waals surface area contributed by atoms with Gasteiger partial charge in [0.2, 0.25) is 0 Å². The maximum atomic E-state index is 11.8. The van der Waals surface area contributed by atoms with Gasteiger partial charge in [0.25, 0.3) is 0 Å². The smallest absolute Gasteiger partial charge is 0.306 e. The first-order valence-electron chi connectivity index (χ1n) is 7.79. The van der Waals surface area contributed by atoms with Crippen molar-refractivity contribution in [2.45, 2.75) is 51.4 Å². The molecule has 0 amide bonds. The van der Waals surface area contributed by atoms with Gasteiger partial charge in [0.1, 0.15) is 0 Å². The minimum absolute atomic E-state index is 0.0657. The fourth-order valence-electron chi connectivity index (χ4n) is 2.69. The first kappa shape index (κ1) is 14.9. The van der Waals surface area contributed by atoms with Crippen molar-refractivity contribution in [3.05, 3.63) is 29.8 Å². The second-order valence-electron chi connectivity index (χ2n) is 5.50. The van der Waals surface area contributed by atoms with Crippen molar-refractivity contribution in [1.29, 1.82) is 0 Å². The van der Waals surface area contributed by atoms with Crippen LogP contribution in [0.25, 0.3) is 0 Å². The highest BCUT2D eigenvalue weighted by Gasteiger charge is 2.24. The van der Waals surface area contributed by atoms with Gasteiger partial charge in [-0.25, -0.2) is 0 Å². The topological polar surface area (TPSA) is 38.3 Å². The van der Waals surface area contributed by atoms with Crippen LogP contribution in [-0.2, 0) is 9.53 Å². The normalized spacial score (nSPS) is 16.6. The summed E-state index contributed by atoms with van der Waals surface area (Å²) < 4.78 is 5.33. The van der Waals surface area contributed by atoms with Gasteiger partial charge in [-0.05, 0) is 18.1 Å². The number of fused-ring (bicyclic) bond motifs is 1. The molecular weight excluding hydrogens is 250 g/mol. The molecule has 1 aromatic carbocycles. The van der Waals surface area contributed by atoms with Crippen LogP contribution in [0.1, 0.15) is 56.9 Å². The highest BCUT2D eigenvalue weighted by molar-refractivity contribution is 5.72. The SMILES string of the molecule is CCCCCCCOC(=O)CC1CNc2ccccc21. The number of unbranched alkanes of at least 4 members (excludes halogenated alkanes) is 4. The number of anilines is 1. The molecule has 0 saturated carbocycles. The fraction of sp³-hybridized carbons (Fsp3) is 0.588. The number of benzene rings is 1. The molecule has 1 aromatic rings. The Labute approximate surface area is 121 Å². The lowest BCUT2D eigenvalue weighted by Gasteiger charge is -2.10. The molecule has 0 aromatic heterocycles. The van der Waals surface area contributed by atoms with E-state index in [1.54, 1.807) is 0 Å². The Bertz CT molecular complexity index is 431. The van der Waals surface area contributed by atoms with Crippen LogP contribution in [0.3, 0.4) is 0 Å². The van der Waals surface area contributed by atoms with Crippen LogP contribution in [0, 0.1) is 0 Å². The molecule has 1 aliphatic heterocycles. The second-order valence-corrected chi connectivity index (χ2v) is 5.50. The van der Waals surface area contributed by atoms with Crippen LogP contribution in [0.15, 0.2) is 24.3 Å². The minimum Gasteiger partial charge on any atom is -0.466 e. The van der Waals surface area contributed by atoms with Gasteiger partial charge in [-0.1, -0.05) is 50.8 Å². The number of carbonyl (C=O) groups excluding carboxylic acids is 1. The van der Waals surface area contributed by atoms with E-state index in [-0.39, 0.29) is 11.9 Å². The van der Waals surface area contributed by atoms with Gasteiger partial charge < -0.3 is 10.1 Å². The van der Waals surface area contributed by atoms with Crippen LogP contribution in [0.4, 0.5) is 5.69 Å². The highest BCUT2D eigenvalue weighted by Crippen LogP contribution is 2.33. The lowest BCUT2D eigenvalue weighted by atomic mass is 9.98. The number of carbonyl (C=O) groups is 1. The van der Waals surface area contributed by atoms with Gasteiger partial charge in [-0.2, -0.15) is 0 Å². The molecule has 0 fully saturated rings. The summed E-state index contributed by atoms with van der Waals surface area (Å²) in [5.41, 5.74) is 2.40. The Morgan fingerprint density at radius 2 is 2.05 bits per heavy atom. The molecule has 0 bridgehead atoms. The number of rotatable bonds is 8. The summed E-state index contributed by atoms with van der Waals surface area (Å²) in [6, 6.07) is 8.20. The summed E-state index contributed by atoms with van der Waals surface area (Å²) in [6.07, 6.45) is 6.40. The first-order chi connectivity index (χ1) is 9.81. The molecule has 0 saturated heterocycles. The van der Waals surface area contributed by atoms with Crippen molar-refractivity contribution in [2.75, 3.05) is 18.5 Å². The zero-order chi connectivity index (χ0) is 14.2. The molecule has 1 heterocycles. The van der Waals surface area contributed by atoms with Crippen LogP contribution < -0.4 is 5.32 Å². The number of ether oxygens (including phenoxy) is 1. The lowest BCUT2D eigenvalue weighted by molar-refractivity contribution is -0.144. The Kier molecular flexibility index (Phi) is 5.90. The summed E-state index contributed by atoms with van der Waals surface area (Å²) in [5.74, 6) is 0.197. The molecule has 20 heavy (non-hydrogen) atoms. The van der Waals surface area contributed by atoms with Gasteiger partial charge in [0, 0.05) is 18.2 Å². The predicted molar refractivity (Wildman–Crippen MR) is 82.0 cm³/mol. The Morgan fingerprint density at radius 1 is 1.25 bits per heavy atom. The zero-order valence-electron chi connectivity index (χ0n) is 12.4. The molecule has 0 aliphatic carbocycles. The predicted octanol–water partition coefficient (Wildman–Crippen LogP) is 4.10. The Morgan fingerprint density at radius 3 is 2.90 bits per heavy atom. The van der Waals surface area contributed by atoms with E-state index in [2.05, 4.69) is 24.4 Å². The molecule has 1 unspecified atom stereocenters. The van der Waals surface area contributed by atoms with Gasteiger partial charge in [0.05, 0.1) is 13.0 Å². The molecule has 3 nitrogen and oxygen atoms in total. The van der Waals surface area contributed by atoms with Gasteiger partial charge in [-0.3, -0.25) is 4.79 Å². The van der Waals surface area contributed by atoms with Crippen LogP contribution in [0.2, 0.25) is 0 Å². The minimum atomic E-state index is -0.0657. The standard InChI is InChI=1S/C17H25NO2/c1-2-3-4-5-8-11-20-17(19)12-14-13-18-16-10-7-6-9-15(14)16/h6-7,9-10,14,18H,2-5,8,11-13H2,1H3. The van der Waals surface area contributed by atoms with E-state index in [0.29, 0.717) is 13.0 Å². The van der Waals surface area contributed by atoms with E-state index >= 15 is 0 Å². The van der Waals surface area contributed by atoms with E-state index in [1.807, 2.05) is 12.1 Å². The number of nitrogens with one attached hydrogen (secondary N) is 1. The number of hydrogen-bond donors (Lipinski definition) is 1. The van der Waals surface area contributed by atoms with Crippen LogP contribution >= 0.6 is 0 Å². The number of hydrogen-bond acceptors (Lipinski definition) is 3. The molecule has 3 heteroatoms. The van der Waals surface area contributed by atoms with Crippen molar-refractivity contribution in [3.8, 4) is 0 Å². The summed E-state index contributed by atoms with van der Waals surface area (Å²) in [7, 11) is 0. The molecular formula is C17H25NO2. The molecule has 110 valence electrons. The average molecular weight is 275 g/mol. The summed E-state index contributed by atoms with van der Waals surface area (Å²) in [4.78, 5) is 11.8. The van der Waals surface area contributed by atoms with E-state index in [0.717, 1.165) is 25.1 Å². The first-order valence-corrected chi connectivity index (χ1v) is 7.79. The maximum absolute atomic E-state index is 11.8. The largest absolute Gasteiger partial charge is 0.466 e. The van der Waals surface area contributed by atoms with Crippen LogP contribution in [0.5, 0.6) is 0 Å². The van der Waals surface area contributed by atoms with E-state index in [4.69, 9.17) is 4.74 Å². The van der Waals surface area contributed by atoms with Crippen molar-refractivity contribution < 1.29 is 9.53 Å². The third-order valence-corrected chi connectivity index (χ3v) is 3.86. The van der Waals surface area contributed by atoms with Crippen molar-refractivity contribution in [3.63, 3.8) is 0 Å². The molecule has 1 aliphatic rings. The molecule has 1 atom stereocenters. The van der Waals surface area contributed by atoms with Crippen molar-refractivity contribution >= 4 is 11.7 Å². The third-order valence-electron chi connectivity index (χ3n) is 3.86. The van der Waals surface area contributed by atoms with Crippen molar-refractivity contribution in [1.82, 2.24) is 0 Å². The average Bonchev–Trinajstić information content (AvgIpc) is 2.86. The van der Waals surface area contributed by atoms with Gasteiger partial charge >= 0.3 is 5.97 Å².